The quantitative estimate of drug-likeness (QED) is 0.314. The number of anilines is 1. The minimum absolute atomic E-state index is 0.135. The number of hydrazone groups is 1. The molecular weight excluding hydrogens is 402 g/mol. The van der Waals surface area contributed by atoms with E-state index in [1.54, 1.807) is 30.5 Å². The summed E-state index contributed by atoms with van der Waals surface area (Å²) in [7, 11) is 0. The second kappa shape index (κ2) is 8.75. The number of nitrogens with zero attached hydrogens (tertiary/aromatic N) is 2. The van der Waals surface area contributed by atoms with Gasteiger partial charge in [0.2, 0.25) is 0 Å². The van der Waals surface area contributed by atoms with Crippen molar-refractivity contribution in [1.82, 2.24) is 4.98 Å². The maximum absolute atomic E-state index is 12.6. The van der Waals surface area contributed by atoms with Gasteiger partial charge in [0, 0.05) is 28.2 Å². The van der Waals surface area contributed by atoms with Gasteiger partial charge in [-0.3, -0.25) is 10.4 Å². The van der Waals surface area contributed by atoms with E-state index in [-0.39, 0.29) is 17.1 Å². The Morgan fingerprint density at radius 2 is 1.79 bits per heavy atom. The fourth-order valence-corrected chi connectivity index (χ4v) is 2.55. The van der Waals surface area contributed by atoms with Crippen LogP contribution in [0.4, 0.5) is 23.2 Å². The van der Waals surface area contributed by atoms with Gasteiger partial charge in [0.15, 0.2) is 0 Å². The molecule has 0 saturated carbocycles. The lowest BCUT2D eigenvalue weighted by atomic mass is 10.2. The van der Waals surface area contributed by atoms with Crippen LogP contribution in [-0.2, 0) is 0 Å². The van der Waals surface area contributed by atoms with Gasteiger partial charge in [0.25, 0.3) is 0 Å². The van der Waals surface area contributed by atoms with Crippen LogP contribution in [0, 0.1) is 0 Å². The summed E-state index contributed by atoms with van der Waals surface area (Å²) in [5.41, 5.74) is 4.16. The summed E-state index contributed by atoms with van der Waals surface area (Å²) in [4.78, 5) is 4.19. The summed E-state index contributed by atoms with van der Waals surface area (Å²) in [6.07, 6.45) is 2.77. The van der Waals surface area contributed by atoms with Crippen molar-refractivity contribution in [2.45, 2.75) is 13.2 Å². The zero-order chi connectivity index (χ0) is 20.1. The molecule has 0 bridgehead atoms. The van der Waals surface area contributed by atoms with Gasteiger partial charge in [-0.05, 0) is 36.4 Å². The average Bonchev–Trinajstić information content (AvgIpc) is 2.62. The number of fused-ring (bicyclic) bond motifs is 1. The van der Waals surface area contributed by atoms with Crippen LogP contribution in [0.15, 0.2) is 53.8 Å². The molecule has 10 heteroatoms. The highest BCUT2D eigenvalue weighted by molar-refractivity contribution is 6.31. The minimum atomic E-state index is -3.14. The molecule has 0 aliphatic heterocycles. The van der Waals surface area contributed by atoms with E-state index in [1.165, 1.54) is 18.3 Å². The number of benzene rings is 2. The summed E-state index contributed by atoms with van der Waals surface area (Å²) in [5, 5.41) is 5.27. The van der Waals surface area contributed by atoms with Gasteiger partial charge in [-0.2, -0.15) is 22.7 Å². The topological polar surface area (TPSA) is 55.7 Å². The molecule has 1 heterocycles. The third kappa shape index (κ3) is 5.01. The van der Waals surface area contributed by atoms with Crippen molar-refractivity contribution in [2.75, 3.05) is 5.43 Å². The van der Waals surface area contributed by atoms with Crippen molar-refractivity contribution in [3.05, 3.63) is 59.2 Å². The number of halogens is 5. The van der Waals surface area contributed by atoms with Crippen LogP contribution >= 0.6 is 11.6 Å². The van der Waals surface area contributed by atoms with Crippen molar-refractivity contribution >= 4 is 34.4 Å². The van der Waals surface area contributed by atoms with Crippen LogP contribution in [-0.4, -0.2) is 24.4 Å². The van der Waals surface area contributed by atoms with Crippen LogP contribution < -0.4 is 14.9 Å². The summed E-state index contributed by atoms with van der Waals surface area (Å²) in [5.74, 6) is -0.669. The highest BCUT2D eigenvalue weighted by Gasteiger charge is 2.12. The molecule has 0 fully saturated rings. The van der Waals surface area contributed by atoms with Gasteiger partial charge in [-0.25, -0.2) is 0 Å². The molecule has 28 heavy (non-hydrogen) atoms. The Labute approximate surface area is 161 Å². The van der Waals surface area contributed by atoms with E-state index >= 15 is 0 Å². The summed E-state index contributed by atoms with van der Waals surface area (Å²) >= 11 is 5.94. The minimum Gasteiger partial charge on any atom is -0.435 e. The number of hydrogen-bond donors (Lipinski definition) is 1. The van der Waals surface area contributed by atoms with E-state index in [0.29, 0.717) is 16.2 Å². The molecular formula is C18H12ClF4N3O2. The number of pyridine rings is 1. The van der Waals surface area contributed by atoms with E-state index in [2.05, 4.69) is 25.0 Å². The van der Waals surface area contributed by atoms with Gasteiger partial charge in [-0.15, -0.1) is 0 Å². The van der Waals surface area contributed by atoms with Gasteiger partial charge < -0.3 is 9.47 Å². The third-order valence-electron chi connectivity index (χ3n) is 3.52. The average molecular weight is 414 g/mol. The highest BCUT2D eigenvalue weighted by atomic mass is 35.5. The Kier molecular flexibility index (Phi) is 6.15. The van der Waals surface area contributed by atoms with Crippen molar-refractivity contribution in [3.63, 3.8) is 0 Å². The van der Waals surface area contributed by atoms with E-state index < -0.39 is 13.2 Å². The van der Waals surface area contributed by atoms with Gasteiger partial charge in [0.1, 0.15) is 11.5 Å². The molecule has 0 aliphatic carbocycles. The SMILES string of the molecule is FC(F)Oc1ccc(C=NNc2ccnc3cc(Cl)ccc23)c(OC(F)F)c1. The number of alkyl halides is 4. The Hall–Kier alpha value is -3.07. The fourth-order valence-electron chi connectivity index (χ4n) is 2.39. The molecule has 0 atom stereocenters. The Balaban J connectivity index is 1.83. The molecule has 1 N–H and O–H groups in total. The predicted molar refractivity (Wildman–Crippen MR) is 97.7 cm³/mol. The van der Waals surface area contributed by atoms with Crippen LogP contribution in [0.3, 0.4) is 0 Å². The fraction of sp³-hybridized carbons (Fsp3) is 0.111. The first-order valence-corrected chi connectivity index (χ1v) is 8.17. The van der Waals surface area contributed by atoms with E-state index in [9.17, 15) is 17.6 Å². The summed E-state index contributed by atoms with van der Waals surface area (Å²) in [6, 6.07) is 10.2. The van der Waals surface area contributed by atoms with Crippen LogP contribution in [0.25, 0.3) is 10.9 Å². The monoisotopic (exact) mass is 413 g/mol. The Morgan fingerprint density at radius 1 is 1.00 bits per heavy atom. The zero-order valence-electron chi connectivity index (χ0n) is 14.0. The van der Waals surface area contributed by atoms with Crippen LogP contribution in [0.2, 0.25) is 5.02 Å². The molecule has 0 saturated heterocycles. The van der Waals surface area contributed by atoms with Crippen molar-refractivity contribution in [3.8, 4) is 11.5 Å². The maximum atomic E-state index is 12.6. The lowest BCUT2D eigenvalue weighted by Gasteiger charge is -2.11. The number of aromatic nitrogens is 1. The number of nitrogens with one attached hydrogen (secondary N) is 1. The van der Waals surface area contributed by atoms with Crippen molar-refractivity contribution in [2.24, 2.45) is 5.10 Å². The van der Waals surface area contributed by atoms with E-state index in [0.717, 1.165) is 11.5 Å². The maximum Gasteiger partial charge on any atom is 0.387 e. The largest absolute Gasteiger partial charge is 0.435 e. The molecule has 0 radical (unpaired) electrons. The molecule has 1 aromatic heterocycles. The van der Waals surface area contributed by atoms with E-state index in [1.807, 2.05) is 0 Å². The standard InChI is InChI=1S/C18H12ClF4N3O2/c19-11-2-4-13-14(5-6-24-15(13)7-11)26-25-9-10-1-3-12(27-17(20)21)8-16(10)28-18(22)23/h1-9,17-18H,(H,24,26). The molecule has 0 aliphatic rings. The molecule has 5 nitrogen and oxygen atoms in total. The zero-order valence-corrected chi connectivity index (χ0v) is 14.7. The molecule has 0 amide bonds. The second-order valence-corrected chi connectivity index (χ2v) is 5.78. The lowest BCUT2D eigenvalue weighted by molar-refractivity contribution is -0.0543. The molecule has 3 aromatic rings. The summed E-state index contributed by atoms with van der Waals surface area (Å²) in [6.45, 7) is -6.23. The Bertz CT molecular complexity index is 1000. The molecule has 146 valence electrons. The number of hydrogen-bond acceptors (Lipinski definition) is 5. The van der Waals surface area contributed by atoms with Crippen LogP contribution in [0.1, 0.15) is 5.56 Å². The van der Waals surface area contributed by atoms with Crippen molar-refractivity contribution in [1.29, 1.82) is 0 Å². The molecule has 2 aromatic carbocycles. The summed E-state index contributed by atoms with van der Waals surface area (Å²) < 4.78 is 58.3. The molecule has 0 unspecified atom stereocenters. The Morgan fingerprint density at radius 3 is 2.54 bits per heavy atom. The first kappa shape index (κ1) is 19.7. The first-order valence-electron chi connectivity index (χ1n) is 7.79. The number of rotatable bonds is 7. The lowest BCUT2D eigenvalue weighted by Crippen LogP contribution is -2.07. The van der Waals surface area contributed by atoms with Gasteiger partial charge >= 0.3 is 13.2 Å². The van der Waals surface area contributed by atoms with Gasteiger partial charge in [0.05, 0.1) is 17.4 Å². The first-order chi connectivity index (χ1) is 13.4. The number of ether oxygens (including phenoxy) is 2. The third-order valence-corrected chi connectivity index (χ3v) is 3.75. The molecule has 0 spiro atoms. The predicted octanol–water partition coefficient (Wildman–Crippen LogP) is 5.54. The van der Waals surface area contributed by atoms with Crippen LogP contribution in [0.5, 0.6) is 11.5 Å². The second-order valence-electron chi connectivity index (χ2n) is 5.35. The van der Waals surface area contributed by atoms with Gasteiger partial charge in [-0.1, -0.05) is 11.6 Å². The normalized spacial score (nSPS) is 11.5. The highest BCUT2D eigenvalue weighted by Crippen LogP contribution is 2.27. The van der Waals surface area contributed by atoms with Crippen molar-refractivity contribution < 1.29 is 27.0 Å². The van der Waals surface area contributed by atoms with E-state index in [4.69, 9.17) is 11.6 Å². The smallest absolute Gasteiger partial charge is 0.387 e. The molecule has 3 rings (SSSR count).